The van der Waals surface area contributed by atoms with Crippen molar-refractivity contribution in [2.24, 2.45) is 11.8 Å². The number of nitrogens with one attached hydrogen (secondary N) is 2. The van der Waals surface area contributed by atoms with E-state index in [0.29, 0.717) is 32.2 Å². The van der Waals surface area contributed by atoms with Gasteiger partial charge in [0.1, 0.15) is 5.82 Å². The number of carboxylic acids is 1. The highest BCUT2D eigenvalue weighted by Crippen LogP contribution is 2.30. The number of hydrogen-bond acceptors (Lipinski definition) is 4. The van der Waals surface area contributed by atoms with Crippen LogP contribution in [0.15, 0.2) is 12.4 Å². The zero-order chi connectivity index (χ0) is 15.7. The molecule has 1 amide bonds. The summed E-state index contributed by atoms with van der Waals surface area (Å²) in [5.74, 6) is -0.496. The van der Waals surface area contributed by atoms with Crippen molar-refractivity contribution in [1.82, 2.24) is 15.3 Å². The molecule has 2 rings (SSSR count). The second kappa shape index (κ2) is 8.72. The van der Waals surface area contributed by atoms with Gasteiger partial charge >= 0.3 is 5.97 Å². The molecule has 0 aromatic carbocycles. The molecule has 21 heavy (non-hydrogen) atoms. The highest BCUT2D eigenvalue weighted by molar-refractivity contribution is 5.80. The number of rotatable bonds is 5. The second-order valence-corrected chi connectivity index (χ2v) is 4.73. The van der Waals surface area contributed by atoms with Gasteiger partial charge in [0.25, 0.3) is 6.47 Å². The molecule has 2 atom stereocenters. The molecule has 1 fully saturated rings. The molecule has 0 unspecified atom stereocenters. The smallest absolute Gasteiger partial charge is 0.306 e. The maximum atomic E-state index is 11.8. The molecule has 116 valence electrons. The Morgan fingerprint density at radius 2 is 2.10 bits per heavy atom. The van der Waals surface area contributed by atoms with Crippen LogP contribution in [0.5, 0.6) is 0 Å². The zero-order valence-corrected chi connectivity index (χ0v) is 11.5. The standard InChI is InChI=1S/C12H17N3O3.CH2O2/c16-11(8-1-2-9(7-8)12(17)18)15-4-3-10-13-5-6-14-10;2-1-3/h5-6,8-9H,1-4,7H2,(H,13,14)(H,15,16)(H,17,18);1H,(H,2,3)/t8-,9+;/m0./s1. The summed E-state index contributed by atoms with van der Waals surface area (Å²) >= 11 is 0. The van der Waals surface area contributed by atoms with Crippen molar-refractivity contribution in [2.75, 3.05) is 6.54 Å². The number of carbonyl (C=O) groups excluding carboxylic acids is 1. The third kappa shape index (κ3) is 5.64. The minimum Gasteiger partial charge on any atom is -0.483 e. The fourth-order valence-corrected chi connectivity index (χ4v) is 2.33. The normalized spacial score (nSPS) is 20.2. The van der Waals surface area contributed by atoms with Crippen molar-refractivity contribution in [3.8, 4) is 0 Å². The molecule has 1 aromatic rings. The molecular formula is C13H19N3O5. The van der Waals surface area contributed by atoms with Crippen LogP contribution in [0, 0.1) is 11.8 Å². The first kappa shape index (κ1) is 16.7. The lowest BCUT2D eigenvalue weighted by molar-refractivity contribution is -0.141. The van der Waals surface area contributed by atoms with Gasteiger partial charge in [-0.25, -0.2) is 4.98 Å². The first-order valence-corrected chi connectivity index (χ1v) is 6.65. The summed E-state index contributed by atoms with van der Waals surface area (Å²) in [7, 11) is 0. The molecule has 1 saturated carbocycles. The Hall–Kier alpha value is -2.38. The Morgan fingerprint density at radius 3 is 2.62 bits per heavy atom. The first-order valence-electron chi connectivity index (χ1n) is 6.65. The highest BCUT2D eigenvalue weighted by atomic mass is 16.4. The molecule has 4 N–H and O–H groups in total. The van der Waals surface area contributed by atoms with Crippen molar-refractivity contribution in [3.63, 3.8) is 0 Å². The van der Waals surface area contributed by atoms with Crippen molar-refractivity contribution < 1.29 is 24.6 Å². The molecular weight excluding hydrogens is 278 g/mol. The van der Waals surface area contributed by atoms with Gasteiger partial charge in [0, 0.05) is 31.3 Å². The number of hydrogen-bond donors (Lipinski definition) is 4. The highest BCUT2D eigenvalue weighted by Gasteiger charge is 2.33. The lowest BCUT2D eigenvalue weighted by Crippen LogP contribution is -2.31. The number of aromatic amines is 1. The van der Waals surface area contributed by atoms with Crippen LogP contribution < -0.4 is 5.32 Å². The quantitative estimate of drug-likeness (QED) is 0.577. The van der Waals surface area contributed by atoms with Gasteiger partial charge in [-0.2, -0.15) is 0 Å². The number of imidazole rings is 1. The molecule has 0 spiro atoms. The van der Waals surface area contributed by atoms with Gasteiger partial charge in [0.2, 0.25) is 5.91 Å². The molecule has 8 nitrogen and oxygen atoms in total. The largest absolute Gasteiger partial charge is 0.483 e. The fraction of sp³-hybridized carbons (Fsp3) is 0.538. The van der Waals surface area contributed by atoms with E-state index >= 15 is 0 Å². The molecule has 8 heteroatoms. The Bertz CT molecular complexity index is 460. The number of amides is 1. The van der Waals surface area contributed by atoms with Crippen molar-refractivity contribution >= 4 is 18.3 Å². The lowest BCUT2D eigenvalue weighted by Gasteiger charge is -2.10. The summed E-state index contributed by atoms with van der Waals surface area (Å²) in [6.07, 6.45) is 5.81. The van der Waals surface area contributed by atoms with E-state index in [4.69, 9.17) is 15.0 Å². The van der Waals surface area contributed by atoms with Crippen LogP contribution in [0.1, 0.15) is 25.1 Å². The van der Waals surface area contributed by atoms with Crippen LogP contribution in [-0.4, -0.2) is 45.1 Å². The number of carbonyl (C=O) groups is 3. The van der Waals surface area contributed by atoms with Crippen LogP contribution in [0.25, 0.3) is 0 Å². The molecule has 1 heterocycles. The maximum absolute atomic E-state index is 11.8. The van der Waals surface area contributed by atoms with Gasteiger partial charge < -0.3 is 20.5 Å². The maximum Gasteiger partial charge on any atom is 0.306 e. The number of H-pyrrole nitrogens is 1. The van der Waals surface area contributed by atoms with Crippen molar-refractivity contribution in [1.29, 1.82) is 0 Å². The summed E-state index contributed by atoms with van der Waals surface area (Å²) in [5.41, 5.74) is 0. The van der Waals surface area contributed by atoms with Gasteiger partial charge in [-0.3, -0.25) is 14.4 Å². The average molecular weight is 297 g/mol. The summed E-state index contributed by atoms with van der Waals surface area (Å²) in [4.78, 5) is 38.0. The summed E-state index contributed by atoms with van der Waals surface area (Å²) in [6.45, 7) is 0.278. The lowest BCUT2D eigenvalue weighted by atomic mass is 10.0. The predicted octanol–water partition coefficient (Wildman–Crippen LogP) is 0.270. The van der Waals surface area contributed by atoms with E-state index in [1.807, 2.05) is 0 Å². The topological polar surface area (TPSA) is 132 Å². The molecule has 1 aliphatic carbocycles. The first-order chi connectivity index (χ1) is 10.1. The zero-order valence-electron chi connectivity index (χ0n) is 11.5. The number of nitrogens with zero attached hydrogens (tertiary/aromatic N) is 1. The van der Waals surface area contributed by atoms with Gasteiger partial charge in [-0.15, -0.1) is 0 Å². The van der Waals surface area contributed by atoms with Gasteiger partial charge in [0.15, 0.2) is 0 Å². The predicted molar refractivity (Wildman–Crippen MR) is 72.5 cm³/mol. The van der Waals surface area contributed by atoms with E-state index < -0.39 is 5.97 Å². The molecule has 0 radical (unpaired) electrons. The minimum absolute atomic E-state index is 0.0368. The van der Waals surface area contributed by atoms with Crippen molar-refractivity contribution in [3.05, 3.63) is 18.2 Å². The number of aromatic nitrogens is 2. The van der Waals surface area contributed by atoms with E-state index in [1.165, 1.54) is 0 Å². The van der Waals surface area contributed by atoms with Crippen LogP contribution >= 0.6 is 0 Å². The summed E-state index contributed by atoms with van der Waals surface area (Å²) < 4.78 is 0. The molecule has 0 bridgehead atoms. The van der Waals surface area contributed by atoms with Crippen LogP contribution in [0.3, 0.4) is 0 Å². The number of aliphatic carboxylic acids is 1. The van der Waals surface area contributed by atoms with Gasteiger partial charge in [-0.1, -0.05) is 0 Å². The van der Waals surface area contributed by atoms with E-state index in [-0.39, 0.29) is 24.2 Å². The summed E-state index contributed by atoms with van der Waals surface area (Å²) in [6, 6.07) is 0. The third-order valence-corrected chi connectivity index (χ3v) is 3.37. The van der Waals surface area contributed by atoms with E-state index in [9.17, 15) is 9.59 Å². The van der Waals surface area contributed by atoms with Crippen LogP contribution in [0.4, 0.5) is 0 Å². The number of carboxylic acid groups (broad SMARTS) is 2. The molecule has 1 aromatic heterocycles. The van der Waals surface area contributed by atoms with E-state index in [1.54, 1.807) is 12.4 Å². The average Bonchev–Trinajstić information content (AvgIpc) is 3.11. The Kier molecular flexibility index (Phi) is 6.93. The van der Waals surface area contributed by atoms with Crippen molar-refractivity contribution in [2.45, 2.75) is 25.7 Å². The Balaban J connectivity index is 0.000000677. The van der Waals surface area contributed by atoms with Crippen LogP contribution in [-0.2, 0) is 20.8 Å². The van der Waals surface area contributed by atoms with Crippen LogP contribution in [0.2, 0.25) is 0 Å². The Morgan fingerprint density at radius 1 is 1.43 bits per heavy atom. The third-order valence-electron chi connectivity index (χ3n) is 3.37. The Labute approximate surface area is 121 Å². The van der Waals surface area contributed by atoms with E-state index in [2.05, 4.69) is 15.3 Å². The second-order valence-electron chi connectivity index (χ2n) is 4.73. The monoisotopic (exact) mass is 297 g/mol. The molecule has 0 saturated heterocycles. The van der Waals surface area contributed by atoms with Gasteiger partial charge in [0.05, 0.1) is 5.92 Å². The van der Waals surface area contributed by atoms with Gasteiger partial charge in [-0.05, 0) is 19.3 Å². The van der Waals surface area contributed by atoms with E-state index in [0.717, 1.165) is 5.82 Å². The fourth-order valence-electron chi connectivity index (χ4n) is 2.33. The summed E-state index contributed by atoms with van der Waals surface area (Å²) in [5, 5.41) is 18.6. The molecule has 1 aliphatic rings. The SMILES string of the molecule is O=C(O)[C@@H]1CC[C@H](C(=O)NCCc2ncc[nH]2)C1.O=CO. The minimum atomic E-state index is -0.791. The molecule has 0 aliphatic heterocycles.